The fourth-order valence-electron chi connectivity index (χ4n) is 1.59. The lowest BCUT2D eigenvalue weighted by atomic mass is 10.2. The summed E-state index contributed by atoms with van der Waals surface area (Å²) in [6.45, 7) is 0.856. The van der Waals surface area contributed by atoms with Crippen molar-refractivity contribution in [1.29, 1.82) is 0 Å². The molecule has 0 spiro atoms. The van der Waals surface area contributed by atoms with Crippen LogP contribution in [0.1, 0.15) is 11.1 Å². The first kappa shape index (κ1) is 13.1. The molecule has 0 aliphatic carbocycles. The molecule has 0 fully saturated rings. The normalized spacial score (nSPS) is 10.6. The molecule has 0 radical (unpaired) electrons. The molecule has 2 N–H and O–H groups in total. The summed E-state index contributed by atoms with van der Waals surface area (Å²) in [6.07, 6.45) is 0. The molecule has 2 aromatic carbocycles. The summed E-state index contributed by atoms with van der Waals surface area (Å²) < 4.78 is 19.4. The Bertz CT molecular complexity index is 508. The molecule has 0 bridgehead atoms. The van der Waals surface area contributed by atoms with E-state index in [0.29, 0.717) is 17.7 Å². The highest BCUT2D eigenvalue weighted by Gasteiger charge is 2.00. The fourth-order valence-corrected chi connectivity index (χ4v) is 2.11. The molecule has 2 rings (SSSR count). The lowest BCUT2D eigenvalue weighted by Crippen LogP contribution is -1.95. The van der Waals surface area contributed by atoms with Crippen molar-refractivity contribution in [2.45, 2.75) is 13.2 Å². The average molecular weight is 310 g/mol. The molecular formula is C14H13BrFNO. The number of benzene rings is 2. The molecule has 0 aliphatic heterocycles. The summed E-state index contributed by atoms with van der Waals surface area (Å²) in [5.41, 5.74) is 8.17. The average Bonchev–Trinajstić information content (AvgIpc) is 2.30. The van der Waals surface area contributed by atoms with Crippen LogP contribution in [-0.4, -0.2) is 0 Å². The van der Waals surface area contributed by atoms with Gasteiger partial charge in [0, 0.05) is 10.2 Å². The molecule has 0 saturated carbocycles. The molecular weight excluding hydrogens is 297 g/mol. The van der Waals surface area contributed by atoms with Crippen molar-refractivity contribution in [2.75, 3.05) is 5.73 Å². The van der Waals surface area contributed by atoms with Crippen LogP contribution in [0, 0.1) is 5.82 Å². The molecule has 18 heavy (non-hydrogen) atoms. The van der Waals surface area contributed by atoms with Crippen molar-refractivity contribution in [2.24, 2.45) is 0 Å². The molecule has 2 aromatic rings. The third kappa shape index (κ3) is 3.82. The van der Waals surface area contributed by atoms with Crippen LogP contribution in [0.4, 0.5) is 10.1 Å². The monoisotopic (exact) mass is 309 g/mol. The lowest BCUT2D eigenvalue weighted by Gasteiger charge is -2.06. The topological polar surface area (TPSA) is 35.2 Å². The van der Waals surface area contributed by atoms with E-state index in [1.807, 2.05) is 30.3 Å². The van der Waals surface area contributed by atoms with E-state index in [4.69, 9.17) is 10.5 Å². The van der Waals surface area contributed by atoms with Crippen LogP contribution >= 0.6 is 15.9 Å². The summed E-state index contributed by atoms with van der Waals surface area (Å²) in [6, 6.07) is 12.2. The van der Waals surface area contributed by atoms with Crippen LogP contribution in [0.3, 0.4) is 0 Å². The highest BCUT2D eigenvalue weighted by atomic mass is 79.9. The minimum atomic E-state index is -0.268. The Morgan fingerprint density at radius 2 is 1.67 bits per heavy atom. The van der Waals surface area contributed by atoms with Crippen LogP contribution in [-0.2, 0) is 18.0 Å². The van der Waals surface area contributed by atoms with Gasteiger partial charge in [0.1, 0.15) is 5.82 Å². The van der Waals surface area contributed by atoms with Crippen LogP contribution in [0.15, 0.2) is 46.9 Å². The number of hydrogen-bond acceptors (Lipinski definition) is 2. The van der Waals surface area contributed by atoms with E-state index in [2.05, 4.69) is 15.9 Å². The molecule has 4 heteroatoms. The van der Waals surface area contributed by atoms with Crippen molar-refractivity contribution < 1.29 is 9.13 Å². The first-order valence-electron chi connectivity index (χ1n) is 5.50. The number of nitrogen functional groups attached to an aromatic ring is 1. The Balaban J connectivity index is 1.90. The van der Waals surface area contributed by atoms with Crippen molar-refractivity contribution in [3.63, 3.8) is 0 Å². The Labute approximate surface area is 114 Å². The van der Waals surface area contributed by atoms with Gasteiger partial charge in [-0.15, -0.1) is 0 Å². The van der Waals surface area contributed by atoms with Gasteiger partial charge in [-0.05, 0) is 41.5 Å². The number of rotatable bonds is 4. The van der Waals surface area contributed by atoms with Gasteiger partial charge in [-0.3, -0.25) is 0 Å². The quantitative estimate of drug-likeness (QED) is 0.870. The van der Waals surface area contributed by atoms with E-state index in [0.717, 1.165) is 16.8 Å². The van der Waals surface area contributed by atoms with E-state index in [1.165, 1.54) is 12.1 Å². The minimum absolute atomic E-state index is 0.268. The molecule has 94 valence electrons. The first-order chi connectivity index (χ1) is 8.63. The predicted molar refractivity (Wildman–Crippen MR) is 73.4 cm³/mol. The van der Waals surface area contributed by atoms with Gasteiger partial charge in [-0.1, -0.05) is 28.1 Å². The van der Waals surface area contributed by atoms with E-state index < -0.39 is 0 Å². The van der Waals surface area contributed by atoms with Crippen LogP contribution in [0.5, 0.6) is 0 Å². The summed E-state index contributed by atoms with van der Waals surface area (Å²) in [4.78, 5) is 0. The third-order valence-electron chi connectivity index (χ3n) is 2.44. The molecule has 0 atom stereocenters. The molecule has 0 amide bonds. The van der Waals surface area contributed by atoms with Crippen LogP contribution < -0.4 is 5.73 Å². The van der Waals surface area contributed by atoms with Gasteiger partial charge in [0.05, 0.1) is 13.2 Å². The maximum absolute atomic E-state index is 13.1. The molecule has 0 saturated heterocycles. The zero-order valence-electron chi connectivity index (χ0n) is 9.70. The summed E-state index contributed by atoms with van der Waals surface area (Å²) >= 11 is 3.25. The van der Waals surface area contributed by atoms with Crippen LogP contribution in [0.25, 0.3) is 0 Å². The second-order valence-electron chi connectivity index (χ2n) is 4.01. The number of anilines is 1. The van der Waals surface area contributed by atoms with Crippen molar-refractivity contribution >= 4 is 21.6 Å². The predicted octanol–water partition coefficient (Wildman–Crippen LogP) is 3.89. The number of halogens is 2. The lowest BCUT2D eigenvalue weighted by molar-refractivity contribution is 0.107. The third-order valence-corrected chi connectivity index (χ3v) is 2.90. The van der Waals surface area contributed by atoms with E-state index in [1.54, 1.807) is 0 Å². The van der Waals surface area contributed by atoms with Crippen molar-refractivity contribution in [3.05, 3.63) is 63.9 Å². The molecule has 0 unspecified atom stereocenters. The summed E-state index contributed by atoms with van der Waals surface area (Å²) in [5.74, 6) is -0.268. The highest BCUT2D eigenvalue weighted by Crippen LogP contribution is 2.16. The molecule has 0 aromatic heterocycles. The second-order valence-corrected chi connectivity index (χ2v) is 4.93. The van der Waals surface area contributed by atoms with E-state index in [-0.39, 0.29) is 5.82 Å². The number of ether oxygens (including phenoxy) is 1. The summed E-state index contributed by atoms with van der Waals surface area (Å²) in [5, 5.41) is 0. The molecule has 0 heterocycles. The smallest absolute Gasteiger partial charge is 0.124 e. The Morgan fingerprint density at radius 3 is 2.33 bits per heavy atom. The first-order valence-corrected chi connectivity index (χ1v) is 6.30. The number of hydrogen-bond donors (Lipinski definition) is 1. The molecule has 2 nitrogen and oxygen atoms in total. The summed E-state index contributed by atoms with van der Waals surface area (Å²) in [7, 11) is 0. The molecule has 0 aliphatic rings. The number of nitrogens with two attached hydrogens (primary N) is 1. The second kappa shape index (κ2) is 5.98. The van der Waals surface area contributed by atoms with Crippen LogP contribution in [0.2, 0.25) is 0 Å². The Kier molecular flexibility index (Phi) is 4.33. The van der Waals surface area contributed by atoms with Gasteiger partial charge >= 0.3 is 0 Å². The minimum Gasteiger partial charge on any atom is -0.399 e. The maximum Gasteiger partial charge on any atom is 0.124 e. The van der Waals surface area contributed by atoms with Crippen molar-refractivity contribution in [3.8, 4) is 0 Å². The van der Waals surface area contributed by atoms with Gasteiger partial charge in [-0.2, -0.15) is 0 Å². The fraction of sp³-hybridized carbons (Fsp3) is 0.143. The van der Waals surface area contributed by atoms with Crippen molar-refractivity contribution in [1.82, 2.24) is 0 Å². The Morgan fingerprint density at radius 1 is 1.00 bits per heavy atom. The van der Waals surface area contributed by atoms with E-state index >= 15 is 0 Å². The standard InChI is InChI=1S/C14H13BrFNO/c15-12-5-11(6-13(16)7-12)9-18-8-10-1-3-14(17)4-2-10/h1-7H,8-9,17H2. The highest BCUT2D eigenvalue weighted by molar-refractivity contribution is 9.10. The maximum atomic E-state index is 13.1. The zero-order chi connectivity index (χ0) is 13.0. The van der Waals surface area contributed by atoms with Gasteiger partial charge in [0.15, 0.2) is 0 Å². The van der Waals surface area contributed by atoms with Gasteiger partial charge in [0.25, 0.3) is 0 Å². The zero-order valence-corrected chi connectivity index (χ0v) is 11.3. The SMILES string of the molecule is Nc1ccc(COCc2cc(F)cc(Br)c2)cc1. The largest absolute Gasteiger partial charge is 0.399 e. The van der Waals surface area contributed by atoms with E-state index in [9.17, 15) is 4.39 Å². The Hall–Kier alpha value is -1.39. The van der Waals surface area contributed by atoms with Gasteiger partial charge in [0.2, 0.25) is 0 Å². The van der Waals surface area contributed by atoms with Gasteiger partial charge in [-0.25, -0.2) is 4.39 Å². The van der Waals surface area contributed by atoms with Gasteiger partial charge < -0.3 is 10.5 Å².